The van der Waals surface area contributed by atoms with E-state index in [0.29, 0.717) is 6.04 Å². The first-order valence-electron chi connectivity index (χ1n) is 12.2. The zero-order valence-corrected chi connectivity index (χ0v) is 21.0. The van der Waals surface area contributed by atoms with Gasteiger partial charge >= 0.3 is 0 Å². The number of aromatic nitrogens is 3. The Bertz CT molecular complexity index is 1280. The van der Waals surface area contributed by atoms with Crippen molar-refractivity contribution in [3.05, 3.63) is 70.7 Å². The van der Waals surface area contributed by atoms with Gasteiger partial charge in [0, 0.05) is 43.6 Å². The van der Waals surface area contributed by atoms with Gasteiger partial charge in [-0.25, -0.2) is 4.52 Å². The average molecular weight is 459 g/mol. The molecule has 0 aromatic carbocycles. The molecule has 3 aliphatic heterocycles. The van der Waals surface area contributed by atoms with E-state index >= 15 is 0 Å². The summed E-state index contributed by atoms with van der Waals surface area (Å²) in [5.41, 5.74) is 7.88. The lowest BCUT2D eigenvalue weighted by Crippen LogP contribution is -2.49. The number of rotatable bonds is 2. The third-order valence-corrected chi connectivity index (χ3v) is 7.38. The number of allylic oxidation sites excluding steroid dienone is 4. The van der Waals surface area contributed by atoms with Gasteiger partial charge in [0.15, 0.2) is 0 Å². The maximum absolute atomic E-state index is 13.6. The van der Waals surface area contributed by atoms with E-state index in [1.54, 1.807) is 6.08 Å². The van der Waals surface area contributed by atoms with Crippen molar-refractivity contribution in [2.75, 3.05) is 26.7 Å². The Labute approximate surface area is 201 Å². The number of piperazine rings is 1. The third-order valence-electron chi connectivity index (χ3n) is 7.38. The number of hydrogen-bond donors (Lipinski definition) is 0. The van der Waals surface area contributed by atoms with E-state index in [4.69, 9.17) is 5.10 Å². The van der Waals surface area contributed by atoms with Crippen LogP contribution in [0.15, 0.2) is 53.7 Å². The Morgan fingerprint density at radius 2 is 1.88 bits per heavy atom. The lowest BCUT2D eigenvalue weighted by Gasteiger charge is -2.41. The highest BCUT2D eigenvalue weighted by Gasteiger charge is 2.29. The molecule has 1 amide bonds. The van der Waals surface area contributed by atoms with Gasteiger partial charge < -0.3 is 9.80 Å². The molecule has 3 aliphatic rings. The van der Waals surface area contributed by atoms with E-state index in [0.717, 1.165) is 71.2 Å². The summed E-state index contributed by atoms with van der Waals surface area (Å²) in [5, 5.41) is 4.82. The molecule has 0 bridgehead atoms. The van der Waals surface area contributed by atoms with Gasteiger partial charge in [-0.2, -0.15) is 5.10 Å². The predicted octanol–water partition coefficient (Wildman–Crippen LogP) is 3.92. The van der Waals surface area contributed by atoms with E-state index < -0.39 is 0 Å². The topological polar surface area (TPSA) is 57.0 Å². The standard InChI is InChI=1S/C27H34N6O/c1-17-7-8-25-18(2)11-22(31-10-9-30(6)20(4)15-31)16-32(25)27(34)12-23(17)24-13-26-21(5)28-19(3)14-33(26)29-24/h8,11-14,16-17,20H,7,9-10,15H2,1-6H3. The van der Waals surface area contributed by atoms with Crippen molar-refractivity contribution in [1.82, 2.24) is 29.3 Å². The van der Waals surface area contributed by atoms with Crippen LogP contribution in [0.4, 0.5) is 0 Å². The summed E-state index contributed by atoms with van der Waals surface area (Å²) >= 11 is 0. The number of aryl methyl sites for hydroxylation is 2. The van der Waals surface area contributed by atoms with Crippen LogP contribution in [-0.2, 0) is 4.79 Å². The highest BCUT2D eigenvalue weighted by Crippen LogP contribution is 2.34. The molecule has 1 saturated heterocycles. The molecule has 1 fully saturated rings. The summed E-state index contributed by atoms with van der Waals surface area (Å²) in [7, 11) is 2.17. The van der Waals surface area contributed by atoms with Crippen molar-refractivity contribution in [1.29, 1.82) is 0 Å². The van der Waals surface area contributed by atoms with Gasteiger partial charge in [-0.1, -0.05) is 13.0 Å². The second-order valence-electron chi connectivity index (χ2n) is 10.0. The van der Waals surface area contributed by atoms with Crippen LogP contribution < -0.4 is 0 Å². The number of carbonyl (C=O) groups is 1. The molecule has 5 rings (SSSR count). The maximum Gasteiger partial charge on any atom is 0.255 e. The molecule has 178 valence electrons. The Balaban J connectivity index is 1.51. The highest BCUT2D eigenvalue weighted by atomic mass is 16.2. The predicted molar refractivity (Wildman–Crippen MR) is 135 cm³/mol. The first-order valence-corrected chi connectivity index (χ1v) is 12.2. The van der Waals surface area contributed by atoms with Crippen LogP contribution in [0.25, 0.3) is 11.1 Å². The van der Waals surface area contributed by atoms with Crippen LogP contribution in [0.5, 0.6) is 0 Å². The highest BCUT2D eigenvalue weighted by molar-refractivity contribution is 5.98. The molecule has 7 heteroatoms. The summed E-state index contributed by atoms with van der Waals surface area (Å²) in [6.45, 7) is 13.4. The molecule has 0 radical (unpaired) electrons. The number of likely N-dealkylation sites (N-methyl/N-ethyl adjacent to an activating group) is 1. The number of hydrogen-bond acceptors (Lipinski definition) is 5. The normalized spacial score (nSPS) is 24.2. The minimum Gasteiger partial charge on any atom is -0.367 e. The Morgan fingerprint density at radius 3 is 2.65 bits per heavy atom. The zero-order chi connectivity index (χ0) is 24.1. The number of nitrogens with zero attached hydrogens (tertiary/aromatic N) is 6. The Kier molecular flexibility index (Phi) is 5.68. The van der Waals surface area contributed by atoms with E-state index in [1.165, 1.54) is 0 Å². The van der Waals surface area contributed by atoms with Crippen LogP contribution in [0.3, 0.4) is 0 Å². The molecule has 2 aromatic heterocycles. The summed E-state index contributed by atoms with van der Waals surface area (Å²) in [4.78, 5) is 24.8. The second-order valence-corrected chi connectivity index (χ2v) is 10.0. The first-order chi connectivity index (χ1) is 16.2. The van der Waals surface area contributed by atoms with Crippen LogP contribution in [0, 0.1) is 19.8 Å². The first kappa shape index (κ1) is 22.6. The molecule has 2 atom stereocenters. The van der Waals surface area contributed by atoms with Gasteiger partial charge in [0.05, 0.1) is 34.5 Å². The molecule has 0 aliphatic carbocycles. The quantitative estimate of drug-likeness (QED) is 0.683. The lowest BCUT2D eigenvalue weighted by molar-refractivity contribution is -0.122. The average Bonchev–Trinajstić information content (AvgIpc) is 3.20. The van der Waals surface area contributed by atoms with Crippen LogP contribution in [0.1, 0.15) is 44.3 Å². The summed E-state index contributed by atoms with van der Waals surface area (Å²) in [6, 6.07) is 2.53. The minimum absolute atomic E-state index is 0.0250. The van der Waals surface area contributed by atoms with Crippen LogP contribution in [0.2, 0.25) is 0 Å². The molecule has 0 N–H and O–H groups in total. The van der Waals surface area contributed by atoms with Crippen LogP contribution >= 0.6 is 0 Å². The Morgan fingerprint density at radius 1 is 1.09 bits per heavy atom. The van der Waals surface area contributed by atoms with Gasteiger partial charge in [-0.05, 0) is 70.4 Å². The smallest absolute Gasteiger partial charge is 0.255 e. The largest absolute Gasteiger partial charge is 0.367 e. The van der Waals surface area contributed by atoms with E-state index in [-0.39, 0.29) is 11.8 Å². The van der Waals surface area contributed by atoms with Crippen molar-refractivity contribution in [2.24, 2.45) is 5.92 Å². The molecule has 2 unspecified atom stereocenters. The Hall–Kier alpha value is -3.19. The molecule has 7 nitrogen and oxygen atoms in total. The monoisotopic (exact) mass is 458 g/mol. The SMILES string of the molecule is CC1=CC(N2CCN(C)C(C)C2)=CN2C(=O)C=C(c3cc4c(C)nc(C)cn4n3)C(C)CC=C12. The minimum atomic E-state index is -0.0250. The fourth-order valence-corrected chi connectivity index (χ4v) is 5.14. The third kappa shape index (κ3) is 3.98. The van der Waals surface area contributed by atoms with Gasteiger partial charge in [0.2, 0.25) is 0 Å². The van der Waals surface area contributed by atoms with Gasteiger partial charge in [0.1, 0.15) is 0 Å². The van der Waals surface area contributed by atoms with E-state index in [2.05, 4.69) is 60.8 Å². The molecule has 0 saturated carbocycles. The molecular weight excluding hydrogens is 424 g/mol. The van der Waals surface area contributed by atoms with Crippen molar-refractivity contribution in [3.8, 4) is 0 Å². The van der Waals surface area contributed by atoms with Crippen molar-refractivity contribution >= 4 is 17.0 Å². The van der Waals surface area contributed by atoms with Gasteiger partial charge in [-0.3, -0.25) is 14.7 Å². The van der Waals surface area contributed by atoms with Crippen molar-refractivity contribution < 1.29 is 4.79 Å². The number of carbonyl (C=O) groups excluding carboxylic acids is 1. The van der Waals surface area contributed by atoms with Crippen molar-refractivity contribution in [3.63, 3.8) is 0 Å². The molecule has 34 heavy (non-hydrogen) atoms. The fraction of sp³-hybridized carbons (Fsp3) is 0.444. The lowest BCUT2D eigenvalue weighted by atomic mass is 9.91. The molecule has 0 spiro atoms. The van der Waals surface area contributed by atoms with E-state index in [1.807, 2.05) is 35.7 Å². The van der Waals surface area contributed by atoms with Crippen molar-refractivity contribution in [2.45, 2.75) is 47.1 Å². The van der Waals surface area contributed by atoms with Gasteiger partial charge in [0.25, 0.3) is 5.91 Å². The maximum atomic E-state index is 13.6. The van der Waals surface area contributed by atoms with Crippen LogP contribution in [-0.4, -0.2) is 67.9 Å². The number of amides is 1. The molecule has 5 heterocycles. The summed E-state index contributed by atoms with van der Waals surface area (Å²) < 4.78 is 1.88. The van der Waals surface area contributed by atoms with E-state index in [9.17, 15) is 4.79 Å². The molecular formula is C27H34N6O. The zero-order valence-electron chi connectivity index (χ0n) is 21.0. The second kappa shape index (κ2) is 8.55. The fourth-order valence-electron chi connectivity index (χ4n) is 5.14. The number of fused-ring (bicyclic) bond motifs is 2. The van der Waals surface area contributed by atoms with Gasteiger partial charge in [-0.15, -0.1) is 0 Å². The molecule has 2 aromatic rings. The summed E-state index contributed by atoms with van der Waals surface area (Å²) in [5.74, 6) is 0.151. The summed E-state index contributed by atoms with van der Waals surface area (Å²) in [6.07, 6.45) is 11.0.